The lowest BCUT2D eigenvalue weighted by Crippen LogP contribution is -2.02. The second kappa shape index (κ2) is 4.94. The van der Waals surface area contributed by atoms with Crippen LogP contribution in [-0.2, 0) is 6.54 Å². The molecule has 3 rings (SSSR count). The number of phenolic OH excluding ortho intramolecular Hbond substituents is 1. The van der Waals surface area contributed by atoms with Gasteiger partial charge in [-0.3, -0.25) is 0 Å². The number of phenols is 1. The summed E-state index contributed by atoms with van der Waals surface area (Å²) < 4.78 is 0. The van der Waals surface area contributed by atoms with Crippen molar-refractivity contribution in [3.05, 3.63) is 60.4 Å². The molecule has 0 saturated heterocycles. The van der Waals surface area contributed by atoms with Crippen LogP contribution in [0.3, 0.4) is 0 Å². The van der Waals surface area contributed by atoms with E-state index in [2.05, 4.69) is 15.3 Å². The second-order valence-corrected chi connectivity index (χ2v) is 4.26. The van der Waals surface area contributed by atoms with Crippen LogP contribution in [0.4, 0.5) is 5.82 Å². The zero-order valence-corrected chi connectivity index (χ0v) is 10.2. The molecule has 0 radical (unpaired) electrons. The minimum absolute atomic E-state index is 0.213. The number of anilines is 1. The summed E-state index contributed by atoms with van der Waals surface area (Å²) in [6, 6.07) is 15.2. The molecule has 2 N–H and O–H groups in total. The van der Waals surface area contributed by atoms with Crippen LogP contribution < -0.4 is 5.32 Å². The van der Waals surface area contributed by atoms with Crippen molar-refractivity contribution in [1.29, 1.82) is 0 Å². The van der Waals surface area contributed by atoms with E-state index in [0.29, 0.717) is 6.54 Å². The Morgan fingerprint density at radius 2 is 1.84 bits per heavy atom. The topological polar surface area (TPSA) is 58.0 Å². The third kappa shape index (κ3) is 2.47. The monoisotopic (exact) mass is 251 g/mol. The molecule has 0 saturated carbocycles. The lowest BCUT2D eigenvalue weighted by molar-refractivity contribution is 0.476. The summed E-state index contributed by atoms with van der Waals surface area (Å²) in [6.07, 6.45) is 1.52. The Hall–Kier alpha value is -2.62. The van der Waals surface area contributed by atoms with Crippen molar-refractivity contribution in [2.45, 2.75) is 6.54 Å². The van der Waals surface area contributed by atoms with Gasteiger partial charge in [0.1, 0.15) is 17.9 Å². The van der Waals surface area contributed by atoms with E-state index in [1.165, 1.54) is 11.9 Å². The molecular weight excluding hydrogens is 238 g/mol. The summed E-state index contributed by atoms with van der Waals surface area (Å²) in [5.41, 5.74) is 1.98. The molecule has 0 aliphatic rings. The first-order chi connectivity index (χ1) is 9.33. The summed E-state index contributed by atoms with van der Waals surface area (Å²) >= 11 is 0. The highest BCUT2D eigenvalue weighted by Crippen LogP contribution is 2.23. The van der Waals surface area contributed by atoms with Gasteiger partial charge in [-0.25, -0.2) is 9.97 Å². The van der Waals surface area contributed by atoms with Gasteiger partial charge in [0, 0.05) is 11.9 Å². The van der Waals surface area contributed by atoms with Gasteiger partial charge in [-0.15, -0.1) is 0 Å². The summed E-state index contributed by atoms with van der Waals surface area (Å²) in [5.74, 6) is 0.940. The van der Waals surface area contributed by atoms with Gasteiger partial charge < -0.3 is 10.4 Å². The molecule has 0 bridgehead atoms. The van der Waals surface area contributed by atoms with E-state index in [1.54, 1.807) is 18.2 Å². The standard InChI is InChI=1S/C15H13N3O/c19-12-6-7-14-13(8-12)15(18-10-17-14)16-9-11-4-2-1-3-5-11/h1-8,10,19H,9H2,(H,16,17,18). The van der Waals surface area contributed by atoms with Crippen molar-refractivity contribution in [1.82, 2.24) is 9.97 Å². The number of fused-ring (bicyclic) bond motifs is 1. The van der Waals surface area contributed by atoms with Gasteiger partial charge in [0.05, 0.1) is 5.52 Å². The zero-order chi connectivity index (χ0) is 13.1. The third-order valence-electron chi connectivity index (χ3n) is 2.92. The number of aromatic hydroxyl groups is 1. The van der Waals surface area contributed by atoms with Crippen molar-refractivity contribution in [2.24, 2.45) is 0 Å². The van der Waals surface area contributed by atoms with Crippen molar-refractivity contribution in [3.63, 3.8) is 0 Å². The fraction of sp³-hybridized carbons (Fsp3) is 0.0667. The first-order valence-electron chi connectivity index (χ1n) is 6.04. The quantitative estimate of drug-likeness (QED) is 0.751. The molecule has 1 heterocycles. The molecule has 0 fully saturated rings. The van der Waals surface area contributed by atoms with Crippen LogP contribution in [0.15, 0.2) is 54.9 Å². The maximum absolute atomic E-state index is 9.56. The van der Waals surface area contributed by atoms with Crippen molar-refractivity contribution < 1.29 is 5.11 Å². The minimum Gasteiger partial charge on any atom is -0.508 e. The second-order valence-electron chi connectivity index (χ2n) is 4.26. The van der Waals surface area contributed by atoms with E-state index < -0.39 is 0 Å². The van der Waals surface area contributed by atoms with E-state index in [0.717, 1.165) is 16.7 Å². The van der Waals surface area contributed by atoms with Crippen LogP contribution in [0.1, 0.15) is 5.56 Å². The summed E-state index contributed by atoms with van der Waals surface area (Å²) in [6.45, 7) is 0.683. The fourth-order valence-corrected chi connectivity index (χ4v) is 1.97. The molecule has 0 spiro atoms. The van der Waals surface area contributed by atoms with E-state index in [4.69, 9.17) is 0 Å². The normalized spacial score (nSPS) is 10.5. The minimum atomic E-state index is 0.213. The van der Waals surface area contributed by atoms with E-state index >= 15 is 0 Å². The number of hydrogen-bond acceptors (Lipinski definition) is 4. The van der Waals surface area contributed by atoms with E-state index in [-0.39, 0.29) is 5.75 Å². The number of aromatic nitrogens is 2. The Kier molecular flexibility index (Phi) is 2.98. The Morgan fingerprint density at radius 3 is 2.68 bits per heavy atom. The molecule has 0 aliphatic heterocycles. The van der Waals surface area contributed by atoms with Crippen LogP contribution in [-0.4, -0.2) is 15.1 Å². The van der Waals surface area contributed by atoms with Gasteiger partial charge in [0.15, 0.2) is 0 Å². The highest BCUT2D eigenvalue weighted by atomic mass is 16.3. The van der Waals surface area contributed by atoms with E-state index in [9.17, 15) is 5.11 Å². The van der Waals surface area contributed by atoms with Gasteiger partial charge in [0.25, 0.3) is 0 Å². The Bertz CT molecular complexity index is 698. The molecule has 3 aromatic rings. The van der Waals surface area contributed by atoms with Gasteiger partial charge in [-0.05, 0) is 23.8 Å². The average molecular weight is 251 g/mol. The van der Waals surface area contributed by atoms with Gasteiger partial charge in [0.2, 0.25) is 0 Å². The summed E-state index contributed by atoms with van der Waals surface area (Å²) in [5, 5.41) is 13.6. The van der Waals surface area contributed by atoms with Crippen molar-refractivity contribution in [3.8, 4) is 5.75 Å². The molecular formula is C15H13N3O. The first kappa shape index (κ1) is 11.5. The number of hydrogen-bond donors (Lipinski definition) is 2. The number of benzene rings is 2. The third-order valence-corrected chi connectivity index (χ3v) is 2.92. The largest absolute Gasteiger partial charge is 0.508 e. The SMILES string of the molecule is Oc1ccc2ncnc(NCc3ccccc3)c2c1. The molecule has 19 heavy (non-hydrogen) atoms. The molecule has 0 unspecified atom stereocenters. The van der Waals surface area contributed by atoms with Crippen LogP contribution in [0, 0.1) is 0 Å². The first-order valence-corrected chi connectivity index (χ1v) is 6.04. The van der Waals surface area contributed by atoms with Crippen LogP contribution >= 0.6 is 0 Å². The predicted molar refractivity (Wildman–Crippen MR) is 75.0 cm³/mol. The average Bonchev–Trinajstić information content (AvgIpc) is 2.46. The number of rotatable bonds is 3. The number of nitrogens with zero attached hydrogens (tertiary/aromatic N) is 2. The molecule has 94 valence electrons. The Balaban J connectivity index is 1.90. The fourth-order valence-electron chi connectivity index (χ4n) is 1.97. The van der Waals surface area contributed by atoms with Gasteiger partial charge >= 0.3 is 0 Å². The lowest BCUT2D eigenvalue weighted by atomic mass is 10.2. The predicted octanol–water partition coefficient (Wildman–Crippen LogP) is 2.95. The zero-order valence-electron chi connectivity index (χ0n) is 10.2. The maximum Gasteiger partial charge on any atom is 0.137 e. The molecule has 4 nitrogen and oxygen atoms in total. The van der Waals surface area contributed by atoms with Crippen LogP contribution in [0.2, 0.25) is 0 Å². The van der Waals surface area contributed by atoms with Crippen molar-refractivity contribution in [2.75, 3.05) is 5.32 Å². The lowest BCUT2D eigenvalue weighted by Gasteiger charge is -2.08. The van der Waals surface area contributed by atoms with E-state index in [1.807, 2.05) is 30.3 Å². The smallest absolute Gasteiger partial charge is 0.137 e. The molecule has 0 atom stereocenters. The highest BCUT2D eigenvalue weighted by molar-refractivity contribution is 5.89. The molecule has 1 aromatic heterocycles. The van der Waals surface area contributed by atoms with Gasteiger partial charge in [-0.1, -0.05) is 30.3 Å². The van der Waals surface area contributed by atoms with Crippen LogP contribution in [0.25, 0.3) is 10.9 Å². The Morgan fingerprint density at radius 1 is 1.00 bits per heavy atom. The molecule has 4 heteroatoms. The highest BCUT2D eigenvalue weighted by Gasteiger charge is 2.04. The molecule has 0 aliphatic carbocycles. The van der Waals surface area contributed by atoms with Crippen LogP contribution in [0.5, 0.6) is 5.75 Å². The molecule has 2 aromatic carbocycles. The summed E-state index contributed by atoms with van der Waals surface area (Å²) in [7, 11) is 0. The maximum atomic E-state index is 9.56. The molecule has 0 amide bonds. The van der Waals surface area contributed by atoms with Gasteiger partial charge in [-0.2, -0.15) is 0 Å². The Labute approximate surface area is 110 Å². The summed E-state index contributed by atoms with van der Waals surface area (Å²) in [4.78, 5) is 8.41. The number of nitrogens with one attached hydrogen (secondary N) is 1. The van der Waals surface area contributed by atoms with Crippen molar-refractivity contribution >= 4 is 16.7 Å².